The minimum absolute atomic E-state index is 0.262. The summed E-state index contributed by atoms with van der Waals surface area (Å²) in [5.41, 5.74) is 5.23. The maximum Gasteiger partial charge on any atom is 0.535 e. The molecular formula is C6H12N2O3. The maximum atomic E-state index is 10.5. The molecule has 64 valence electrons. The molecule has 0 spiro atoms. The molecule has 2 N–H and O–H groups in total. The number of carbonyl (C=O) groups excluding carboxylic acids is 1. The first kappa shape index (κ1) is 9.74. The number of oxime groups is 1. The van der Waals surface area contributed by atoms with Crippen molar-refractivity contribution in [3.8, 4) is 0 Å². The van der Waals surface area contributed by atoms with Crippen molar-refractivity contribution in [1.29, 1.82) is 0 Å². The van der Waals surface area contributed by atoms with Crippen molar-refractivity contribution < 1.29 is 14.4 Å². The van der Waals surface area contributed by atoms with Crippen LogP contribution in [0, 0.1) is 0 Å². The van der Waals surface area contributed by atoms with Gasteiger partial charge in [0.1, 0.15) is 5.84 Å². The summed E-state index contributed by atoms with van der Waals surface area (Å²) in [5, 5.41) is 3.28. The van der Waals surface area contributed by atoms with Crippen LogP contribution in [0.1, 0.15) is 20.3 Å². The van der Waals surface area contributed by atoms with Crippen LogP contribution in [0.15, 0.2) is 5.16 Å². The average molecular weight is 160 g/mol. The Bertz CT molecular complexity index is 156. The van der Waals surface area contributed by atoms with Crippen molar-refractivity contribution in [2.45, 2.75) is 20.3 Å². The molecule has 0 unspecified atom stereocenters. The molecule has 0 amide bonds. The van der Waals surface area contributed by atoms with Gasteiger partial charge in [-0.05, 0) is 6.92 Å². The van der Waals surface area contributed by atoms with Gasteiger partial charge in [0, 0.05) is 6.42 Å². The van der Waals surface area contributed by atoms with Crippen LogP contribution in [0.2, 0.25) is 0 Å². The lowest BCUT2D eigenvalue weighted by molar-refractivity contribution is 0.0610. The van der Waals surface area contributed by atoms with Crippen LogP contribution in [0.3, 0.4) is 0 Å². The van der Waals surface area contributed by atoms with Gasteiger partial charge < -0.3 is 10.5 Å². The first-order chi connectivity index (χ1) is 5.20. The molecule has 0 aliphatic rings. The minimum atomic E-state index is -0.830. The summed E-state index contributed by atoms with van der Waals surface area (Å²) in [6.45, 7) is 3.74. The predicted molar refractivity (Wildman–Crippen MR) is 40.0 cm³/mol. The third-order valence-corrected chi connectivity index (χ3v) is 0.862. The van der Waals surface area contributed by atoms with Gasteiger partial charge in [-0.2, -0.15) is 0 Å². The fourth-order valence-corrected chi connectivity index (χ4v) is 0.305. The molecule has 0 saturated heterocycles. The van der Waals surface area contributed by atoms with E-state index in [-0.39, 0.29) is 12.4 Å². The van der Waals surface area contributed by atoms with E-state index in [0.717, 1.165) is 0 Å². The Kier molecular flexibility index (Phi) is 4.89. The highest BCUT2D eigenvalue weighted by Crippen LogP contribution is 1.86. The van der Waals surface area contributed by atoms with Gasteiger partial charge in [-0.25, -0.2) is 4.79 Å². The molecule has 0 atom stereocenters. The minimum Gasteiger partial charge on any atom is -0.433 e. The SMILES string of the molecule is CCOC(=O)O/N=C(\N)CC. The normalized spacial score (nSPS) is 10.9. The molecule has 0 aliphatic carbocycles. The second-order valence-electron chi connectivity index (χ2n) is 1.71. The molecule has 0 aromatic rings. The van der Waals surface area contributed by atoms with Gasteiger partial charge >= 0.3 is 6.16 Å². The van der Waals surface area contributed by atoms with Crippen LogP contribution >= 0.6 is 0 Å². The first-order valence-electron chi connectivity index (χ1n) is 3.36. The summed E-state index contributed by atoms with van der Waals surface area (Å²) < 4.78 is 4.41. The number of nitrogens with two attached hydrogens (primary N) is 1. The van der Waals surface area contributed by atoms with Gasteiger partial charge in [-0.1, -0.05) is 12.1 Å². The summed E-state index contributed by atoms with van der Waals surface area (Å²) in [7, 11) is 0. The molecule has 0 aromatic carbocycles. The highest BCUT2D eigenvalue weighted by atomic mass is 16.8. The average Bonchev–Trinajstić information content (AvgIpc) is 2.01. The third-order valence-electron chi connectivity index (χ3n) is 0.862. The third kappa shape index (κ3) is 5.20. The fourth-order valence-electron chi connectivity index (χ4n) is 0.305. The van der Waals surface area contributed by atoms with Crippen molar-refractivity contribution in [1.82, 2.24) is 0 Å². The Morgan fingerprint density at radius 2 is 2.18 bits per heavy atom. The Hall–Kier alpha value is -1.26. The zero-order chi connectivity index (χ0) is 8.69. The zero-order valence-corrected chi connectivity index (χ0v) is 6.66. The number of rotatable bonds is 3. The Balaban J connectivity index is 3.60. The lowest BCUT2D eigenvalue weighted by Crippen LogP contribution is -2.12. The molecule has 0 fully saturated rings. The van der Waals surface area contributed by atoms with Crippen LogP contribution in [0.5, 0.6) is 0 Å². The molecule has 0 aliphatic heterocycles. The Morgan fingerprint density at radius 1 is 1.55 bits per heavy atom. The lowest BCUT2D eigenvalue weighted by Gasteiger charge is -1.97. The number of nitrogens with zero attached hydrogens (tertiary/aromatic N) is 1. The van der Waals surface area contributed by atoms with Crippen LogP contribution in [0.4, 0.5) is 4.79 Å². The molecule has 11 heavy (non-hydrogen) atoms. The predicted octanol–water partition coefficient (Wildman–Crippen LogP) is 0.842. The van der Waals surface area contributed by atoms with E-state index in [1.807, 2.05) is 0 Å². The second kappa shape index (κ2) is 5.52. The quantitative estimate of drug-likeness (QED) is 0.218. The number of ether oxygens (including phenoxy) is 1. The van der Waals surface area contributed by atoms with E-state index in [9.17, 15) is 4.79 Å². The van der Waals surface area contributed by atoms with Crippen molar-refractivity contribution in [3.63, 3.8) is 0 Å². The molecular weight excluding hydrogens is 148 g/mol. The van der Waals surface area contributed by atoms with E-state index in [1.165, 1.54) is 0 Å². The molecule has 0 radical (unpaired) electrons. The Morgan fingerprint density at radius 3 is 2.64 bits per heavy atom. The summed E-state index contributed by atoms with van der Waals surface area (Å²) in [6, 6.07) is 0. The van der Waals surface area contributed by atoms with Gasteiger partial charge in [0.15, 0.2) is 0 Å². The van der Waals surface area contributed by atoms with Gasteiger partial charge in [0.25, 0.3) is 0 Å². The molecule has 0 heterocycles. The van der Waals surface area contributed by atoms with Crippen molar-refractivity contribution in [2.75, 3.05) is 6.61 Å². The van der Waals surface area contributed by atoms with Crippen molar-refractivity contribution >= 4 is 12.0 Å². The molecule has 5 heteroatoms. The van der Waals surface area contributed by atoms with Gasteiger partial charge in [-0.15, -0.1) is 0 Å². The van der Waals surface area contributed by atoms with Crippen molar-refractivity contribution in [2.24, 2.45) is 10.9 Å². The van der Waals surface area contributed by atoms with Crippen LogP contribution in [0.25, 0.3) is 0 Å². The molecule has 0 aromatic heterocycles. The van der Waals surface area contributed by atoms with Crippen molar-refractivity contribution in [3.05, 3.63) is 0 Å². The van der Waals surface area contributed by atoms with E-state index in [1.54, 1.807) is 13.8 Å². The number of hydrogen-bond donors (Lipinski definition) is 1. The molecule has 0 rings (SSSR count). The molecule has 0 saturated carbocycles. The van der Waals surface area contributed by atoms with Crippen LogP contribution in [-0.2, 0) is 9.57 Å². The van der Waals surface area contributed by atoms with Gasteiger partial charge in [0.2, 0.25) is 0 Å². The topological polar surface area (TPSA) is 73.9 Å². The summed E-state index contributed by atoms with van der Waals surface area (Å²) in [6.07, 6.45) is -0.289. The van der Waals surface area contributed by atoms with Crippen LogP contribution < -0.4 is 5.73 Å². The van der Waals surface area contributed by atoms with Gasteiger partial charge in [-0.3, -0.25) is 4.84 Å². The molecule has 0 bridgehead atoms. The highest BCUT2D eigenvalue weighted by molar-refractivity contribution is 5.80. The summed E-state index contributed by atoms with van der Waals surface area (Å²) in [4.78, 5) is 14.7. The number of carbonyl (C=O) groups is 1. The van der Waals surface area contributed by atoms with Crippen LogP contribution in [-0.4, -0.2) is 18.6 Å². The number of amidine groups is 1. The largest absolute Gasteiger partial charge is 0.535 e. The smallest absolute Gasteiger partial charge is 0.433 e. The zero-order valence-electron chi connectivity index (χ0n) is 6.66. The fraction of sp³-hybridized carbons (Fsp3) is 0.667. The van der Waals surface area contributed by atoms with E-state index >= 15 is 0 Å². The first-order valence-corrected chi connectivity index (χ1v) is 3.36. The lowest BCUT2D eigenvalue weighted by atomic mass is 10.5. The maximum absolute atomic E-state index is 10.5. The Labute approximate surface area is 65.1 Å². The molecule has 5 nitrogen and oxygen atoms in total. The standard InChI is InChI=1S/C6H12N2O3/c1-3-5(7)8-11-6(9)10-4-2/h3-4H2,1-2H3,(H2,7,8). The van der Waals surface area contributed by atoms with E-state index in [2.05, 4.69) is 14.7 Å². The van der Waals surface area contributed by atoms with Gasteiger partial charge in [0.05, 0.1) is 6.61 Å². The number of hydrogen-bond acceptors (Lipinski definition) is 4. The summed E-state index contributed by atoms with van der Waals surface area (Å²) >= 11 is 0. The monoisotopic (exact) mass is 160 g/mol. The second-order valence-corrected chi connectivity index (χ2v) is 1.71. The highest BCUT2D eigenvalue weighted by Gasteiger charge is 2.00. The van der Waals surface area contributed by atoms with E-state index < -0.39 is 6.16 Å². The summed E-state index contributed by atoms with van der Waals surface area (Å²) in [5.74, 6) is 0.262. The van der Waals surface area contributed by atoms with E-state index in [4.69, 9.17) is 5.73 Å². The van der Waals surface area contributed by atoms with E-state index in [0.29, 0.717) is 6.42 Å².